The molecule has 0 spiro atoms. The van der Waals surface area contributed by atoms with Crippen LogP contribution in [-0.2, 0) is 9.53 Å². The first-order chi connectivity index (χ1) is 4.70. The maximum Gasteiger partial charge on any atom is 0.330 e. The SMILES string of the molecule is C/C=C/C(=O)OC(C)CCl. The predicted molar refractivity (Wildman–Crippen MR) is 41.1 cm³/mol. The van der Waals surface area contributed by atoms with Gasteiger partial charge in [-0.2, -0.15) is 0 Å². The topological polar surface area (TPSA) is 26.3 Å². The molecule has 10 heavy (non-hydrogen) atoms. The van der Waals surface area contributed by atoms with Crippen molar-refractivity contribution < 1.29 is 9.53 Å². The number of rotatable bonds is 3. The standard InChI is InChI=1S/C7H11ClO2/c1-3-4-7(9)10-6(2)5-8/h3-4,6H,5H2,1-2H3/b4-3+. The molecule has 0 saturated heterocycles. The Balaban J connectivity index is 3.57. The number of carbonyl (C=O) groups is 1. The molecule has 0 bridgehead atoms. The molecule has 0 aromatic carbocycles. The summed E-state index contributed by atoms with van der Waals surface area (Å²) >= 11 is 5.39. The van der Waals surface area contributed by atoms with Gasteiger partial charge in [0.15, 0.2) is 0 Å². The van der Waals surface area contributed by atoms with E-state index in [4.69, 9.17) is 16.3 Å². The Morgan fingerprint density at radius 3 is 2.80 bits per heavy atom. The van der Waals surface area contributed by atoms with Gasteiger partial charge in [-0.15, -0.1) is 11.6 Å². The summed E-state index contributed by atoms with van der Waals surface area (Å²) < 4.78 is 4.78. The highest BCUT2D eigenvalue weighted by Gasteiger charge is 2.02. The number of hydrogen-bond acceptors (Lipinski definition) is 2. The van der Waals surface area contributed by atoms with Crippen LogP contribution < -0.4 is 0 Å². The summed E-state index contributed by atoms with van der Waals surface area (Å²) in [6.07, 6.45) is 2.79. The quantitative estimate of drug-likeness (QED) is 0.359. The second kappa shape index (κ2) is 5.30. The molecule has 3 heteroatoms. The molecular weight excluding hydrogens is 152 g/mol. The van der Waals surface area contributed by atoms with Crippen molar-refractivity contribution in [3.8, 4) is 0 Å². The molecule has 58 valence electrons. The van der Waals surface area contributed by atoms with E-state index < -0.39 is 0 Å². The number of alkyl halides is 1. The van der Waals surface area contributed by atoms with E-state index in [1.54, 1.807) is 19.9 Å². The van der Waals surface area contributed by atoms with Gasteiger partial charge in [0, 0.05) is 6.08 Å². The first-order valence-electron chi connectivity index (χ1n) is 3.10. The fourth-order valence-corrected chi connectivity index (χ4v) is 0.468. The number of esters is 1. The van der Waals surface area contributed by atoms with Crippen LogP contribution in [0, 0.1) is 0 Å². The third-order valence-corrected chi connectivity index (χ3v) is 1.27. The fourth-order valence-electron chi connectivity index (χ4n) is 0.405. The molecule has 0 aromatic heterocycles. The lowest BCUT2D eigenvalue weighted by Gasteiger charge is -2.06. The molecular formula is C7H11ClO2. The Morgan fingerprint density at radius 1 is 1.80 bits per heavy atom. The molecule has 1 unspecified atom stereocenters. The molecule has 0 aliphatic rings. The molecule has 0 radical (unpaired) electrons. The zero-order valence-electron chi connectivity index (χ0n) is 6.13. The Hall–Kier alpha value is -0.500. The smallest absolute Gasteiger partial charge is 0.330 e. The van der Waals surface area contributed by atoms with Gasteiger partial charge < -0.3 is 4.74 Å². The molecule has 0 N–H and O–H groups in total. The Morgan fingerprint density at radius 2 is 2.40 bits per heavy atom. The number of halogens is 1. The molecule has 1 atom stereocenters. The normalized spacial score (nSPS) is 13.5. The van der Waals surface area contributed by atoms with Crippen LogP contribution in [0.4, 0.5) is 0 Å². The molecule has 0 aromatic rings. The Kier molecular flexibility index (Phi) is 5.03. The van der Waals surface area contributed by atoms with E-state index >= 15 is 0 Å². The van der Waals surface area contributed by atoms with Crippen LogP contribution in [0.3, 0.4) is 0 Å². The summed E-state index contributed by atoms with van der Waals surface area (Å²) in [4.78, 5) is 10.6. The van der Waals surface area contributed by atoms with E-state index in [0.29, 0.717) is 5.88 Å². The van der Waals surface area contributed by atoms with Crippen molar-refractivity contribution in [2.75, 3.05) is 5.88 Å². The zero-order valence-corrected chi connectivity index (χ0v) is 6.89. The maximum absolute atomic E-state index is 10.6. The average Bonchev–Trinajstić information content (AvgIpc) is 1.88. The third-order valence-electron chi connectivity index (χ3n) is 0.837. The van der Waals surface area contributed by atoms with Gasteiger partial charge in [-0.1, -0.05) is 6.08 Å². The van der Waals surface area contributed by atoms with E-state index in [1.165, 1.54) is 6.08 Å². The van der Waals surface area contributed by atoms with Crippen molar-refractivity contribution in [1.82, 2.24) is 0 Å². The molecule has 2 nitrogen and oxygen atoms in total. The van der Waals surface area contributed by atoms with Gasteiger partial charge >= 0.3 is 5.97 Å². The van der Waals surface area contributed by atoms with Crippen molar-refractivity contribution >= 4 is 17.6 Å². The van der Waals surface area contributed by atoms with E-state index in [0.717, 1.165) is 0 Å². The minimum atomic E-state index is -0.337. The first kappa shape index (κ1) is 9.50. The van der Waals surface area contributed by atoms with Crippen LogP contribution in [0.1, 0.15) is 13.8 Å². The van der Waals surface area contributed by atoms with Crippen LogP contribution in [0.15, 0.2) is 12.2 Å². The summed E-state index contributed by atoms with van der Waals surface area (Å²) in [5, 5.41) is 0. The van der Waals surface area contributed by atoms with Crippen molar-refractivity contribution in [3.63, 3.8) is 0 Å². The van der Waals surface area contributed by atoms with Gasteiger partial charge in [-0.25, -0.2) is 4.79 Å². The summed E-state index contributed by atoms with van der Waals surface area (Å²) in [5.74, 6) is -0.000760. The lowest BCUT2D eigenvalue weighted by atomic mass is 10.4. The van der Waals surface area contributed by atoms with Gasteiger partial charge in [-0.05, 0) is 13.8 Å². The van der Waals surface area contributed by atoms with E-state index in [1.807, 2.05) is 0 Å². The van der Waals surface area contributed by atoms with E-state index in [9.17, 15) is 4.79 Å². The number of hydrogen-bond donors (Lipinski definition) is 0. The maximum atomic E-state index is 10.6. The largest absolute Gasteiger partial charge is 0.458 e. The van der Waals surface area contributed by atoms with Crippen LogP contribution >= 0.6 is 11.6 Å². The lowest BCUT2D eigenvalue weighted by molar-refractivity contribution is -0.141. The van der Waals surface area contributed by atoms with Crippen molar-refractivity contribution in [2.45, 2.75) is 20.0 Å². The summed E-state index contributed by atoms with van der Waals surface area (Å²) in [6, 6.07) is 0. The highest BCUT2D eigenvalue weighted by Crippen LogP contribution is 1.94. The highest BCUT2D eigenvalue weighted by molar-refractivity contribution is 6.18. The summed E-state index contributed by atoms with van der Waals surface area (Å²) in [6.45, 7) is 3.50. The fraction of sp³-hybridized carbons (Fsp3) is 0.571. The van der Waals surface area contributed by atoms with Crippen LogP contribution in [0.5, 0.6) is 0 Å². The van der Waals surface area contributed by atoms with Crippen molar-refractivity contribution in [3.05, 3.63) is 12.2 Å². The predicted octanol–water partition coefficient (Wildman–Crippen LogP) is 1.73. The van der Waals surface area contributed by atoms with Gasteiger partial charge in [-0.3, -0.25) is 0 Å². The van der Waals surface area contributed by atoms with Crippen LogP contribution in [0.2, 0.25) is 0 Å². The number of allylic oxidation sites excluding steroid dienone is 1. The second-order valence-electron chi connectivity index (χ2n) is 1.90. The first-order valence-corrected chi connectivity index (χ1v) is 3.63. The Bertz CT molecular complexity index is 132. The molecule has 0 heterocycles. The van der Waals surface area contributed by atoms with Gasteiger partial charge in [0.1, 0.15) is 6.10 Å². The zero-order chi connectivity index (χ0) is 7.98. The monoisotopic (exact) mass is 162 g/mol. The molecule has 0 aliphatic carbocycles. The minimum Gasteiger partial charge on any atom is -0.458 e. The van der Waals surface area contributed by atoms with Crippen LogP contribution in [0.25, 0.3) is 0 Å². The van der Waals surface area contributed by atoms with Gasteiger partial charge in [0.05, 0.1) is 5.88 Å². The lowest BCUT2D eigenvalue weighted by Crippen LogP contribution is -2.13. The van der Waals surface area contributed by atoms with Gasteiger partial charge in [0.25, 0.3) is 0 Å². The number of ether oxygens (including phenoxy) is 1. The molecule has 0 saturated carbocycles. The minimum absolute atomic E-state index is 0.203. The molecule has 0 rings (SSSR count). The van der Waals surface area contributed by atoms with E-state index in [-0.39, 0.29) is 12.1 Å². The highest BCUT2D eigenvalue weighted by atomic mass is 35.5. The molecule has 0 fully saturated rings. The molecule has 0 amide bonds. The van der Waals surface area contributed by atoms with Gasteiger partial charge in [0.2, 0.25) is 0 Å². The van der Waals surface area contributed by atoms with Crippen molar-refractivity contribution in [2.24, 2.45) is 0 Å². The molecule has 0 aliphatic heterocycles. The Labute approximate surface area is 65.8 Å². The van der Waals surface area contributed by atoms with Crippen molar-refractivity contribution in [1.29, 1.82) is 0 Å². The summed E-state index contributed by atoms with van der Waals surface area (Å²) in [5.41, 5.74) is 0. The summed E-state index contributed by atoms with van der Waals surface area (Å²) in [7, 11) is 0. The van der Waals surface area contributed by atoms with Crippen LogP contribution in [-0.4, -0.2) is 18.0 Å². The average molecular weight is 163 g/mol. The third kappa shape index (κ3) is 4.39. The number of carbonyl (C=O) groups excluding carboxylic acids is 1. The second-order valence-corrected chi connectivity index (χ2v) is 2.21. The van der Waals surface area contributed by atoms with E-state index in [2.05, 4.69) is 0 Å².